The summed E-state index contributed by atoms with van der Waals surface area (Å²) in [5.41, 5.74) is 0. The largest absolute Gasteiger partial charge is 0.463 e. The van der Waals surface area contributed by atoms with Gasteiger partial charge in [-0.1, -0.05) is 58.3 Å². The molecule has 0 unspecified atom stereocenters. The Bertz CT molecular complexity index is 616. The van der Waals surface area contributed by atoms with Gasteiger partial charge in [-0.25, -0.2) is 0 Å². The molecule has 212 valence electrons. The van der Waals surface area contributed by atoms with E-state index in [-0.39, 0.29) is 6.42 Å². The van der Waals surface area contributed by atoms with Gasteiger partial charge >= 0.3 is 5.97 Å². The third-order valence-corrected chi connectivity index (χ3v) is 6.24. The predicted octanol–water partition coefficient (Wildman–Crippen LogP) is -1.08. The number of ether oxygens (including phenoxy) is 3. The van der Waals surface area contributed by atoms with Crippen molar-refractivity contribution < 1.29 is 59.5 Å². The van der Waals surface area contributed by atoms with Crippen LogP contribution in [0.15, 0.2) is 0 Å². The van der Waals surface area contributed by atoms with E-state index in [1.54, 1.807) is 0 Å². The number of ketones is 1. The molecule has 1 aliphatic heterocycles. The van der Waals surface area contributed by atoms with Crippen molar-refractivity contribution in [2.75, 3.05) is 19.8 Å². The quantitative estimate of drug-likeness (QED) is 0.0796. The van der Waals surface area contributed by atoms with E-state index in [1.807, 2.05) is 0 Å². The van der Waals surface area contributed by atoms with Crippen LogP contribution in [0.2, 0.25) is 0 Å². The second-order valence-electron chi connectivity index (χ2n) is 9.19. The fraction of sp³-hybridized carbons (Fsp3) is 0.917. The molecule has 12 heteroatoms. The lowest BCUT2D eigenvalue weighted by Crippen LogP contribution is -2.61. The summed E-state index contributed by atoms with van der Waals surface area (Å²) < 4.78 is 15.8. The average Bonchev–Trinajstić information content (AvgIpc) is 2.88. The van der Waals surface area contributed by atoms with Crippen LogP contribution in [0.1, 0.15) is 71.1 Å². The lowest BCUT2D eigenvalue weighted by Gasteiger charge is -2.41. The molecule has 0 aromatic carbocycles. The number of esters is 1. The van der Waals surface area contributed by atoms with E-state index in [1.165, 1.54) is 25.7 Å². The SMILES string of the molecule is CCCCCCCCCCCC(=O)OC[C@@H](O[C@H]1O[C@H](CO)[C@@H](O)[C@H](O)[C@H]1O)[C@@H](O)[C@H](O)C(=O)CO. The monoisotopic (exact) mass is 524 g/mol. The topological polar surface area (TPSA) is 203 Å². The van der Waals surface area contributed by atoms with Crippen LogP contribution in [0.3, 0.4) is 0 Å². The Morgan fingerprint density at radius 3 is 2.00 bits per heavy atom. The van der Waals surface area contributed by atoms with E-state index in [9.17, 15) is 40.2 Å². The number of unbranched alkanes of at least 4 members (excludes halogenated alkanes) is 8. The summed E-state index contributed by atoms with van der Waals surface area (Å²) in [6, 6.07) is 0. The van der Waals surface area contributed by atoms with Gasteiger partial charge < -0.3 is 50.0 Å². The van der Waals surface area contributed by atoms with Gasteiger partial charge in [-0.3, -0.25) is 9.59 Å². The van der Waals surface area contributed by atoms with E-state index in [4.69, 9.17) is 19.3 Å². The van der Waals surface area contributed by atoms with Gasteiger partial charge in [0, 0.05) is 6.42 Å². The molecule has 36 heavy (non-hydrogen) atoms. The Kier molecular flexibility index (Phi) is 16.5. The number of aliphatic hydroxyl groups is 7. The van der Waals surface area contributed by atoms with Crippen LogP contribution in [-0.2, 0) is 23.8 Å². The minimum atomic E-state index is -2.10. The fourth-order valence-electron chi connectivity index (χ4n) is 3.89. The summed E-state index contributed by atoms with van der Waals surface area (Å²) in [6.45, 7) is -0.261. The standard InChI is InChI=1S/C24H44O12/c1-2-3-4-5-6-7-8-9-10-11-18(28)34-14-17(21(31)19(29)15(27)12-25)36-24-23(33)22(32)20(30)16(13-26)35-24/h16-17,19-26,29-33H,2-14H2,1H3/t16-,17-,19-,20-,21-,22+,23-,24-/m1/s1. The van der Waals surface area contributed by atoms with Crippen LogP contribution in [-0.4, -0.2) is 116 Å². The van der Waals surface area contributed by atoms with Gasteiger partial charge in [-0.2, -0.15) is 0 Å². The van der Waals surface area contributed by atoms with Crippen LogP contribution in [0.4, 0.5) is 0 Å². The van der Waals surface area contributed by atoms with Crippen LogP contribution in [0.5, 0.6) is 0 Å². The highest BCUT2D eigenvalue weighted by Crippen LogP contribution is 2.24. The van der Waals surface area contributed by atoms with E-state index in [2.05, 4.69) is 6.92 Å². The summed E-state index contributed by atoms with van der Waals surface area (Å²) >= 11 is 0. The van der Waals surface area contributed by atoms with E-state index in [0.29, 0.717) is 6.42 Å². The van der Waals surface area contributed by atoms with Gasteiger partial charge in [0.2, 0.25) is 0 Å². The van der Waals surface area contributed by atoms with Crippen LogP contribution < -0.4 is 0 Å². The molecule has 12 nitrogen and oxygen atoms in total. The molecule has 0 aliphatic carbocycles. The number of hydrogen-bond donors (Lipinski definition) is 7. The summed E-state index contributed by atoms with van der Waals surface area (Å²) in [4.78, 5) is 23.8. The van der Waals surface area contributed by atoms with Crippen LogP contribution >= 0.6 is 0 Å². The molecule has 0 bridgehead atoms. The molecule has 0 aromatic rings. The number of rotatable bonds is 19. The smallest absolute Gasteiger partial charge is 0.305 e. The molecule has 1 fully saturated rings. The number of carbonyl (C=O) groups excluding carboxylic acids is 2. The molecule has 1 heterocycles. The normalized spacial score (nSPS) is 26.8. The highest BCUT2D eigenvalue weighted by molar-refractivity contribution is 5.84. The first kappa shape index (κ1) is 32.8. The lowest BCUT2D eigenvalue weighted by molar-refractivity contribution is -0.321. The predicted molar refractivity (Wildman–Crippen MR) is 126 cm³/mol. The molecule has 8 atom stereocenters. The first-order chi connectivity index (χ1) is 17.2. The third kappa shape index (κ3) is 11.0. The van der Waals surface area contributed by atoms with E-state index >= 15 is 0 Å². The van der Waals surface area contributed by atoms with Crippen molar-refractivity contribution in [2.24, 2.45) is 0 Å². The third-order valence-electron chi connectivity index (χ3n) is 6.24. The minimum Gasteiger partial charge on any atom is -0.463 e. The Morgan fingerprint density at radius 2 is 1.44 bits per heavy atom. The first-order valence-corrected chi connectivity index (χ1v) is 12.8. The molecule has 0 aromatic heterocycles. The molecule has 0 amide bonds. The molecule has 1 aliphatic rings. The fourth-order valence-corrected chi connectivity index (χ4v) is 3.89. The minimum absolute atomic E-state index is 0.108. The van der Waals surface area contributed by atoms with Crippen molar-refractivity contribution in [3.8, 4) is 0 Å². The molecule has 0 spiro atoms. The Balaban J connectivity index is 2.61. The Hall–Kier alpha value is -1.22. The van der Waals surface area contributed by atoms with E-state index in [0.717, 1.165) is 25.7 Å². The molecule has 1 saturated heterocycles. The maximum atomic E-state index is 12.2. The zero-order chi connectivity index (χ0) is 27.1. The molecule has 0 saturated carbocycles. The van der Waals surface area contributed by atoms with E-state index < -0.39 is 80.6 Å². The molecule has 0 radical (unpaired) electrons. The Morgan fingerprint density at radius 1 is 0.861 bits per heavy atom. The number of hydrogen-bond acceptors (Lipinski definition) is 12. The number of carbonyl (C=O) groups is 2. The van der Waals surface area contributed by atoms with Gasteiger partial charge in [-0.05, 0) is 6.42 Å². The van der Waals surface area contributed by atoms with Crippen molar-refractivity contribution >= 4 is 11.8 Å². The Labute approximate surface area is 211 Å². The summed E-state index contributed by atoms with van der Waals surface area (Å²) in [6.07, 6.45) is -4.24. The van der Waals surface area contributed by atoms with Gasteiger partial charge in [0.25, 0.3) is 0 Å². The molecular weight excluding hydrogens is 480 g/mol. The van der Waals surface area contributed by atoms with Crippen molar-refractivity contribution in [1.82, 2.24) is 0 Å². The van der Waals surface area contributed by atoms with Gasteiger partial charge in [0.1, 0.15) is 55.9 Å². The highest BCUT2D eigenvalue weighted by atomic mass is 16.7. The zero-order valence-electron chi connectivity index (χ0n) is 21.0. The summed E-state index contributed by atoms with van der Waals surface area (Å²) in [5, 5.41) is 68.7. The lowest BCUT2D eigenvalue weighted by atomic mass is 9.99. The molecule has 1 rings (SSSR count). The maximum absolute atomic E-state index is 12.2. The van der Waals surface area contributed by atoms with Crippen molar-refractivity contribution in [2.45, 2.75) is 120 Å². The highest BCUT2D eigenvalue weighted by Gasteiger charge is 2.46. The second-order valence-corrected chi connectivity index (χ2v) is 9.19. The average molecular weight is 525 g/mol. The number of Topliss-reactive ketones (excluding diaryl/α,β-unsaturated/α-hetero) is 1. The zero-order valence-corrected chi connectivity index (χ0v) is 21.0. The molecule has 7 N–H and O–H groups in total. The van der Waals surface area contributed by atoms with Gasteiger partial charge in [-0.15, -0.1) is 0 Å². The van der Waals surface area contributed by atoms with Gasteiger partial charge in [0.15, 0.2) is 12.1 Å². The second kappa shape index (κ2) is 18.1. The van der Waals surface area contributed by atoms with Crippen LogP contribution in [0.25, 0.3) is 0 Å². The number of aliphatic hydroxyl groups excluding tert-OH is 7. The van der Waals surface area contributed by atoms with Crippen molar-refractivity contribution in [3.05, 3.63) is 0 Å². The van der Waals surface area contributed by atoms with Crippen molar-refractivity contribution in [3.63, 3.8) is 0 Å². The first-order valence-electron chi connectivity index (χ1n) is 12.8. The van der Waals surface area contributed by atoms with Crippen molar-refractivity contribution in [1.29, 1.82) is 0 Å². The summed E-state index contributed by atoms with van der Waals surface area (Å²) in [7, 11) is 0. The van der Waals surface area contributed by atoms with Gasteiger partial charge in [0.05, 0.1) is 6.61 Å². The van der Waals surface area contributed by atoms with Crippen LogP contribution in [0, 0.1) is 0 Å². The maximum Gasteiger partial charge on any atom is 0.305 e. The molecular formula is C24H44O12. The summed E-state index contributed by atoms with van der Waals surface area (Å²) in [5.74, 6) is -1.72.